The molecule has 0 radical (unpaired) electrons. The van der Waals surface area contributed by atoms with Crippen molar-refractivity contribution in [2.45, 2.75) is 51.1 Å². The Kier molecular flexibility index (Phi) is 5.12. The maximum absolute atomic E-state index is 6.20. The Morgan fingerprint density at radius 3 is 2.52 bits per heavy atom. The first-order valence-corrected chi connectivity index (χ1v) is 11.0. The number of ether oxygens (including phenoxy) is 1. The molecule has 0 amide bonds. The summed E-state index contributed by atoms with van der Waals surface area (Å²) in [5, 5.41) is 0. The fourth-order valence-corrected chi connectivity index (χ4v) is 5.09. The van der Waals surface area contributed by atoms with E-state index in [4.69, 9.17) is 4.74 Å². The molecule has 0 N–H and O–H groups in total. The van der Waals surface area contributed by atoms with E-state index in [-0.39, 0.29) is 0 Å². The fourth-order valence-electron chi connectivity index (χ4n) is 5.09. The van der Waals surface area contributed by atoms with Crippen LogP contribution in [-0.2, 0) is 12.8 Å². The molecule has 148 valence electrons. The summed E-state index contributed by atoms with van der Waals surface area (Å²) >= 11 is 0. The number of fused-ring (bicyclic) bond motifs is 1. The Morgan fingerprint density at radius 1 is 0.862 bits per heavy atom. The zero-order chi connectivity index (χ0) is 19.6. The van der Waals surface area contributed by atoms with Crippen molar-refractivity contribution in [3.8, 4) is 22.6 Å². The fraction of sp³-hybridized carbons (Fsp3) is 0.333. The van der Waals surface area contributed by atoms with Crippen LogP contribution in [0.5, 0.6) is 11.5 Å². The molecule has 29 heavy (non-hydrogen) atoms. The van der Waals surface area contributed by atoms with Gasteiger partial charge in [-0.3, -0.25) is 4.90 Å². The molecule has 2 heteroatoms. The number of likely N-dealkylation sites (tertiary alicyclic amines) is 1. The molecule has 2 aliphatic rings. The lowest BCUT2D eigenvalue weighted by Crippen LogP contribution is -2.41. The predicted octanol–water partition coefficient (Wildman–Crippen LogP) is 6.49. The summed E-state index contributed by atoms with van der Waals surface area (Å²) in [5.74, 6) is 1.79. The van der Waals surface area contributed by atoms with E-state index in [0.29, 0.717) is 0 Å². The second-order valence-corrected chi connectivity index (χ2v) is 8.52. The largest absolute Gasteiger partial charge is 0.457 e. The molecular weight excluding hydrogens is 354 g/mol. The van der Waals surface area contributed by atoms with Crippen LogP contribution in [0.1, 0.15) is 37.3 Å². The maximum Gasteiger partial charge on any atom is 0.135 e. The van der Waals surface area contributed by atoms with Gasteiger partial charge in [0.1, 0.15) is 11.5 Å². The lowest BCUT2D eigenvalue weighted by molar-refractivity contribution is 0.174. The van der Waals surface area contributed by atoms with E-state index in [2.05, 4.69) is 48.2 Å². The monoisotopic (exact) mass is 383 g/mol. The lowest BCUT2D eigenvalue weighted by Gasteiger charge is -2.35. The summed E-state index contributed by atoms with van der Waals surface area (Å²) in [7, 11) is 0. The average Bonchev–Trinajstić information content (AvgIpc) is 3.20. The van der Waals surface area contributed by atoms with Crippen LogP contribution in [0.2, 0.25) is 0 Å². The van der Waals surface area contributed by atoms with Crippen LogP contribution in [-0.4, -0.2) is 23.5 Å². The number of aryl methyl sites for hydroxylation is 1. The Hall–Kier alpha value is -2.58. The van der Waals surface area contributed by atoms with Gasteiger partial charge < -0.3 is 4.74 Å². The Morgan fingerprint density at radius 2 is 1.69 bits per heavy atom. The first-order valence-electron chi connectivity index (χ1n) is 11.0. The molecule has 1 aliphatic heterocycles. The number of rotatable bonds is 4. The first-order chi connectivity index (χ1) is 14.3. The van der Waals surface area contributed by atoms with E-state index in [1.807, 2.05) is 36.4 Å². The molecular formula is C27H29NO. The van der Waals surface area contributed by atoms with Crippen molar-refractivity contribution in [1.82, 2.24) is 4.90 Å². The highest BCUT2D eigenvalue weighted by atomic mass is 16.5. The van der Waals surface area contributed by atoms with E-state index in [9.17, 15) is 0 Å². The van der Waals surface area contributed by atoms with Crippen molar-refractivity contribution in [2.24, 2.45) is 0 Å². The van der Waals surface area contributed by atoms with Gasteiger partial charge in [0, 0.05) is 17.6 Å². The van der Waals surface area contributed by atoms with E-state index < -0.39 is 0 Å². The van der Waals surface area contributed by atoms with Crippen molar-refractivity contribution < 1.29 is 4.74 Å². The minimum absolute atomic E-state index is 0.722. The van der Waals surface area contributed by atoms with Crippen molar-refractivity contribution in [3.63, 3.8) is 0 Å². The van der Waals surface area contributed by atoms with Crippen LogP contribution in [0.15, 0.2) is 72.8 Å². The number of hydrogen-bond donors (Lipinski definition) is 0. The topological polar surface area (TPSA) is 12.5 Å². The minimum Gasteiger partial charge on any atom is -0.457 e. The average molecular weight is 384 g/mol. The number of para-hydroxylation sites is 2. The number of benzene rings is 3. The molecule has 2 nitrogen and oxygen atoms in total. The zero-order valence-corrected chi connectivity index (χ0v) is 17.2. The summed E-state index contributed by atoms with van der Waals surface area (Å²) in [5.41, 5.74) is 5.46. The van der Waals surface area contributed by atoms with Crippen LogP contribution in [0.3, 0.4) is 0 Å². The third-order valence-electron chi connectivity index (χ3n) is 6.65. The molecule has 3 aromatic rings. The zero-order valence-electron chi connectivity index (χ0n) is 17.2. The molecule has 3 aromatic carbocycles. The van der Waals surface area contributed by atoms with Crippen molar-refractivity contribution in [3.05, 3.63) is 83.9 Å². The van der Waals surface area contributed by atoms with Crippen molar-refractivity contribution >= 4 is 0 Å². The van der Waals surface area contributed by atoms with Crippen LogP contribution in [0, 0.1) is 0 Å². The third-order valence-corrected chi connectivity index (χ3v) is 6.65. The van der Waals surface area contributed by atoms with E-state index in [1.54, 1.807) is 0 Å². The maximum atomic E-state index is 6.20. The second-order valence-electron chi connectivity index (χ2n) is 8.52. The van der Waals surface area contributed by atoms with E-state index >= 15 is 0 Å². The normalized spacial score (nSPS) is 21.7. The highest BCUT2D eigenvalue weighted by Crippen LogP contribution is 2.36. The number of nitrogens with zero attached hydrogens (tertiary/aromatic N) is 1. The van der Waals surface area contributed by atoms with Gasteiger partial charge in [-0.2, -0.15) is 0 Å². The molecule has 5 rings (SSSR count). The Labute approximate surface area is 174 Å². The van der Waals surface area contributed by atoms with Gasteiger partial charge in [0.15, 0.2) is 0 Å². The smallest absolute Gasteiger partial charge is 0.135 e. The summed E-state index contributed by atoms with van der Waals surface area (Å²) < 4.78 is 6.20. The Balaban J connectivity index is 1.40. The lowest BCUT2D eigenvalue weighted by atomic mass is 9.85. The molecule has 1 saturated heterocycles. The molecule has 1 heterocycles. The molecule has 0 aromatic heterocycles. The molecule has 0 spiro atoms. The highest BCUT2D eigenvalue weighted by molar-refractivity contribution is 5.72. The predicted molar refractivity (Wildman–Crippen MR) is 120 cm³/mol. The minimum atomic E-state index is 0.722. The molecule has 2 atom stereocenters. The van der Waals surface area contributed by atoms with Gasteiger partial charge in [0.25, 0.3) is 0 Å². The van der Waals surface area contributed by atoms with Crippen molar-refractivity contribution in [1.29, 1.82) is 0 Å². The third kappa shape index (κ3) is 3.82. The van der Waals surface area contributed by atoms with Crippen LogP contribution in [0.25, 0.3) is 11.1 Å². The first kappa shape index (κ1) is 18.4. The van der Waals surface area contributed by atoms with Crippen LogP contribution >= 0.6 is 0 Å². The molecule has 2 unspecified atom stereocenters. The van der Waals surface area contributed by atoms with E-state index in [0.717, 1.165) is 29.1 Å². The summed E-state index contributed by atoms with van der Waals surface area (Å²) in [4.78, 5) is 2.75. The van der Waals surface area contributed by atoms with Gasteiger partial charge in [-0.15, -0.1) is 0 Å². The molecule has 1 aliphatic carbocycles. The van der Waals surface area contributed by atoms with Gasteiger partial charge in [-0.25, -0.2) is 0 Å². The van der Waals surface area contributed by atoms with Gasteiger partial charge in [-0.1, -0.05) is 54.6 Å². The van der Waals surface area contributed by atoms with Gasteiger partial charge in [0.05, 0.1) is 0 Å². The Bertz CT molecular complexity index is 981. The number of hydrogen-bond acceptors (Lipinski definition) is 2. The summed E-state index contributed by atoms with van der Waals surface area (Å²) in [6, 6.07) is 26.9. The second kappa shape index (κ2) is 8.04. The van der Waals surface area contributed by atoms with Gasteiger partial charge in [0.2, 0.25) is 0 Å². The van der Waals surface area contributed by atoms with E-state index in [1.165, 1.54) is 55.3 Å². The summed E-state index contributed by atoms with van der Waals surface area (Å²) in [6.45, 7) is 3.68. The van der Waals surface area contributed by atoms with Crippen LogP contribution < -0.4 is 4.74 Å². The molecule has 0 saturated carbocycles. The SMILES string of the molecule is CC1CCCN1C1CCc2cc(-c3ccccc3Oc3ccccc3)ccc2C1. The molecule has 1 fully saturated rings. The highest BCUT2D eigenvalue weighted by Gasteiger charge is 2.30. The van der Waals surface area contributed by atoms with Crippen LogP contribution in [0.4, 0.5) is 0 Å². The van der Waals surface area contributed by atoms with Gasteiger partial charge in [-0.05, 0) is 80.5 Å². The van der Waals surface area contributed by atoms with Crippen molar-refractivity contribution in [2.75, 3.05) is 6.54 Å². The summed E-state index contributed by atoms with van der Waals surface area (Å²) in [6.07, 6.45) is 6.38. The standard InChI is InChI=1S/C27H29NO/c1-20-8-7-17-28(20)24-16-15-21-18-23(14-13-22(21)19-24)26-11-5-6-12-27(26)29-25-9-3-2-4-10-25/h2-6,9-14,18,20,24H,7-8,15-17,19H2,1H3. The quantitative estimate of drug-likeness (QED) is 0.511. The molecule has 0 bridgehead atoms. The van der Waals surface area contributed by atoms with Gasteiger partial charge >= 0.3 is 0 Å².